The number of carbonyl (C=O) groups is 1. The monoisotopic (exact) mass is 257 g/mol. The van der Waals surface area contributed by atoms with Crippen LogP contribution in [0.2, 0.25) is 0 Å². The van der Waals surface area contributed by atoms with Gasteiger partial charge in [0.15, 0.2) is 0 Å². The standard InChI is InChI=1S/C11H19N3O2S/c1-11(2,3)16-10(15)13-6-9-14-8(5-12-4)7-17-9/h7,12H,5-6H2,1-4H3,(H,13,15). The minimum Gasteiger partial charge on any atom is -0.444 e. The van der Waals surface area contributed by atoms with Crippen molar-refractivity contribution in [1.82, 2.24) is 15.6 Å². The molecule has 96 valence electrons. The molecule has 1 aromatic heterocycles. The van der Waals surface area contributed by atoms with Crippen molar-refractivity contribution in [2.24, 2.45) is 0 Å². The summed E-state index contributed by atoms with van der Waals surface area (Å²) in [5, 5.41) is 8.55. The van der Waals surface area contributed by atoms with Crippen molar-refractivity contribution in [3.63, 3.8) is 0 Å². The molecule has 0 atom stereocenters. The summed E-state index contributed by atoms with van der Waals surface area (Å²) in [6, 6.07) is 0. The van der Waals surface area contributed by atoms with Crippen molar-refractivity contribution in [2.45, 2.75) is 39.5 Å². The summed E-state index contributed by atoms with van der Waals surface area (Å²) in [5.74, 6) is 0. The molecular formula is C11H19N3O2S. The van der Waals surface area contributed by atoms with E-state index in [1.807, 2.05) is 33.2 Å². The molecule has 0 unspecified atom stereocenters. The molecule has 0 aromatic carbocycles. The van der Waals surface area contributed by atoms with E-state index < -0.39 is 11.7 Å². The molecule has 0 saturated heterocycles. The fourth-order valence-electron chi connectivity index (χ4n) is 1.15. The first-order valence-electron chi connectivity index (χ1n) is 5.45. The van der Waals surface area contributed by atoms with Gasteiger partial charge in [0, 0.05) is 11.9 Å². The molecule has 0 aliphatic rings. The molecule has 0 bridgehead atoms. The molecule has 0 aliphatic carbocycles. The number of aromatic nitrogens is 1. The highest BCUT2D eigenvalue weighted by Crippen LogP contribution is 2.10. The number of carbonyl (C=O) groups excluding carboxylic acids is 1. The quantitative estimate of drug-likeness (QED) is 0.864. The minimum absolute atomic E-state index is 0.406. The summed E-state index contributed by atoms with van der Waals surface area (Å²) in [6.45, 7) is 6.65. The average molecular weight is 257 g/mol. The summed E-state index contributed by atoms with van der Waals surface area (Å²) in [5.41, 5.74) is 0.517. The Morgan fingerprint density at radius 1 is 1.47 bits per heavy atom. The van der Waals surface area contributed by atoms with Crippen LogP contribution in [0, 0.1) is 0 Å². The SMILES string of the molecule is CNCc1csc(CNC(=O)OC(C)(C)C)n1. The normalized spacial score (nSPS) is 11.3. The van der Waals surface area contributed by atoms with E-state index in [0.717, 1.165) is 17.2 Å². The molecule has 1 aromatic rings. The van der Waals surface area contributed by atoms with Crippen molar-refractivity contribution >= 4 is 17.4 Å². The van der Waals surface area contributed by atoms with Gasteiger partial charge in [0.25, 0.3) is 0 Å². The van der Waals surface area contributed by atoms with Gasteiger partial charge in [-0.05, 0) is 27.8 Å². The first kappa shape index (κ1) is 13.9. The summed E-state index contributed by atoms with van der Waals surface area (Å²) < 4.78 is 5.13. The van der Waals surface area contributed by atoms with Gasteiger partial charge in [0.2, 0.25) is 0 Å². The number of nitrogens with zero attached hydrogens (tertiary/aromatic N) is 1. The van der Waals surface area contributed by atoms with Gasteiger partial charge in [0.1, 0.15) is 10.6 Å². The lowest BCUT2D eigenvalue weighted by Crippen LogP contribution is -2.32. The second kappa shape index (κ2) is 5.97. The second-order valence-corrected chi connectivity index (χ2v) is 5.56. The van der Waals surface area contributed by atoms with Gasteiger partial charge in [0.05, 0.1) is 12.2 Å². The Balaban J connectivity index is 2.37. The Bertz CT molecular complexity index is 371. The molecule has 0 saturated carbocycles. The van der Waals surface area contributed by atoms with E-state index in [2.05, 4.69) is 15.6 Å². The van der Waals surface area contributed by atoms with Crippen LogP contribution in [0.5, 0.6) is 0 Å². The molecule has 0 radical (unpaired) electrons. The van der Waals surface area contributed by atoms with E-state index in [1.165, 1.54) is 11.3 Å². The van der Waals surface area contributed by atoms with Gasteiger partial charge in [-0.15, -0.1) is 11.3 Å². The maximum absolute atomic E-state index is 11.4. The lowest BCUT2D eigenvalue weighted by atomic mass is 10.2. The van der Waals surface area contributed by atoms with Gasteiger partial charge < -0.3 is 15.4 Å². The number of nitrogens with one attached hydrogen (secondary N) is 2. The van der Waals surface area contributed by atoms with Crippen LogP contribution in [-0.2, 0) is 17.8 Å². The number of alkyl carbamates (subject to hydrolysis) is 1. The predicted octanol–water partition coefficient (Wildman–Crippen LogP) is 1.89. The Morgan fingerprint density at radius 2 is 2.18 bits per heavy atom. The molecule has 0 spiro atoms. The number of rotatable bonds is 4. The molecule has 1 amide bonds. The van der Waals surface area contributed by atoms with E-state index in [4.69, 9.17) is 4.74 Å². The van der Waals surface area contributed by atoms with Crippen molar-refractivity contribution in [2.75, 3.05) is 7.05 Å². The van der Waals surface area contributed by atoms with Crippen LogP contribution in [0.1, 0.15) is 31.5 Å². The van der Waals surface area contributed by atoms with E-state index >= 15 is 0 Å². The Morgan fingerprint density at radius 3 is 2.76 bits per heavy atom. The van der Waals surface area contributed by atoms with Crippen molar-refractivity contribution in [3.05, 3.63) is 16.1 Å². The maximum Gasteiger partial charge on any atom is 0.408 e. The van der Waals surface area contributed by atoms with Crippen LogP contribution in [0.3, 0.4) is 0 Å². The van der Waals surface area contributed by atoms with Crippen LogP contribution in [0.4, 0.5) is 4.79 Å². The van der Waals surface area contributed by atoms with Crippen molar-refractivity contribution in [3.8, 4) is 0 Å². The fraction of sp³-hybridized carbons (Fsp3) is 0.636. The molecule has 2 N–H and O–H groups in total. The van der Waals surface area contributed by atoms with Gasteiger partial charge in [-0.1, -0.05) is 0 Å². The predicted molar refractivity (Wildman–Crippen MR) is 68.0 cm³/mol. The molecule has 1 rings (SSSR count). The third kappa shape index (κ3) is 5.65. The summed E-state index contributed by atoms with van der Waals surface area (Å²) >= 11 is 1.53. The maximum atomic E-state index is 11.4. The molecule has 5 nitrogen and oxygen atoms in total. The smallest absolute Gasteiger partial charge is 0.408 e. The minimum atomic E-state index is -0.468. The molecule has 6 heteroatoms. The van der Waals surface area contributed by atoms with E-state index in [0.29, 0.717) is 6.54 Å². The zero-order valence-corrected chi connectivity index (χ0v) is 11.5. The lowest BCUT2D eigenvalue weighted by Gasteiger charge is -2.19. The first-order chi connectivity index (χ1) is 7.90. The zero-order chi connectivity index (χ0) is 12.9. The molecule has 1 heterocycles. The number of hydrogen-bond donors (Lipinski definition) is 2. The van der Waals surface area contributed by atoms with Crippen molar-refractivity contribution < 1.29 is 9.53 Å². The van der Waals surface area contributed by atoms with Crippen LogP contribution in [-0.4, -0.2) is 23.7 Å². The second-order valence-electron chi connectivity index (χ2n) is 4.62. The molecule has 0 fully saturated rings. The Hall–Kier alpha value is -1.14. The third-order valence-corrected chi connectivity index (χ3v) is 2.64. The lowest BCUT2D eigenvalue weighted by molar-refractivity contribution is 0.0523. The average Bonchev–Trinajstić information content (AvgIpc) is 2.61. The van der Waals surface area contributed by atoms with E-state index in [-0.39, 0.29) is 0 Å². The third-order valence-electron chi connectivity index (χ3n) is 1.74. The Labute approximate surface area is 106 Å². The number of ether oxygens (including phenoxy) is 1. The van der Waals surface area contributed by atoms with Crippen LogP contribution >= 0.6 is 11.3 Å². The van der Waals surface area contributed by atoms with Crippen LogP contribution in [0.15, 0.2) is 5.38 Å². The van der Waals surface area contributed by atoms with E-state index in [1.54, 1.807) is 0 Å². The Kier molecular flexibility index (Phi) is 4.89. The van der Waals surface area contributed by atoms with Crippen molar-refractivity contribution in [1.29, 1.82) is 0 Å². The van der Waals surface area contributed by atoms with E-state index in [9.17, 15) is 4.79 Å². The largest absolute Gasteiger partial charge is 0.444 e. The highest BCUT2D eigenvalue weighted by atomic mass is 32.1. The topological polar surface area (TPSA) is 63.2 Å². The molecule has 17 heavy (non-hydrogen) atoms. The molecule has 0 aliphatic heterocycles. The number of thiazole rings is 1. The number of amides is 1. The fourth-order valence-corrected chi connectivity index (χ4v) is 1.89. The van der Waals surface area contributed by atoms with Gasteiger partial charge in [-0.2, -0.15) is 0 Å². The molecular weight excluding hydrogens is 238 g/mol. The van der Waals surface area contributed by atoms with Crippen LogP contribution in [0.25, 0.3) is 0 Å². The van der Waals surface area contributed by atoms with Gasteiger partial charge in [-0.25, -0.2) is 9.78 Å². The highest BCUT2D eigenvalue weighted by Gasteiger charge is 2.16. The zero-order valence-electron chi connectivity index (χ0n) is 10.7. The van der Waals surface area contributed by atoms with Gasteiger partial charge >= 0.3 is 6.09 Å². The summed E-state index contributed by atoms with van der Waals surface area (Å²) in [4.78, 5) is 15.7. The number of hydrogen-bond acceptors (Lipinski definition) is 5. The summed E-state index contributed by atoms with van der Waals surface area (Å²) in [6.07, 6.45) is -0.414. The summed E-state index contributed by atoms with van der Waals surface area (Å²) in [7, 11) is 1.87. The van der Waals surface area contributed by atoms with Gasteiger partial charge in [-0.3, -0.25) is 0 Å². The van der Waals surface area contributed by atoms with Crippen LogP contribution < -0.4 is 10.6 Å². The highest BCUT2D eigenvalue weighted by molar-refractivity contribution is 7.09. The first-order valence-corrected chi connectivity index (χ1v) is 6.33.